The Bertz CT molecular complexity index is 918. The summed E-state index contributed by atoms with van der Waals surface area (Å²) in [5.74, 6) is 1.16. The van der Waals surface area contributed by atoms with E-state index in [0.29, 0.717) is 18.5 Å². The van der Waals surface area contributed by atoms with Gasteiger partial charge >= 0.3 is 0 Å². The van der Waals surface area contributed by atoms with Crippen molar-refractivity contribution in [3.05, 3.63) is 71.8 Å². The van der Waals surface area contributed by atoms with Crippen LogP contribution in [-0.4, -0.2) is 36.3 Å². The molecule has 3 aromatic carbocycles. The Morgan fingerprint density at radius 1 is 1.00 bits per heavy atom. The molecule has 0 unspecified atom stereocenters. The molecular weight excluding hydrogens is 350 g/mol. The smallest absolute Gasteiger partial charge is 0.120 e. The van der Waals surface area contributed by atoms with Gasteiger partial charge in [-0.2, -0.15) is 0 Å². The highest BCUT2D eigenvalue weighted by atomic mass is 16.5. The molecule has 0 atom stereocenters. The molecule has 0 aromatic heterocycles. The molecule has 0 saturated carbocycles. The zero-order valence-corrected chi connectivity index (χ0v) is 16.3. The zero-order chi connectivity index (χ0) is 19.3. The van der Waals surface area contributed by atoms with Gasteiger partial charge in [0.25, 0.3) is 0 Å². The molecule has 0 aliphatic carbocycles. The van der Waals surface area contributed by atoms with Gasteiger partial charge in [-0.1, -0.05) is 42.5 Å². The van der Waals surface area contributed by atoms with E-state index in [4.69, 9.17) is 9.47 Å². The molecule has 1 saturated heterocycles. The van der Waals surface area contributed by atoms with E-state index in [1.165, 1.54) is 5.56 Å². The van der Waals surface area contributed by atoms with Crippen molar-refractivity contribution in [3.8, 4) is 11.5 Å². The number of piperidine rings is 1. The van der Waals surface area contributed by atoms with E-state index in [0.717, 1.165) is 54.6 Å². The largest absolute Gasteiger partial charge is 0.508 e. The van der Waals surface area contributed by atoms with Crippen LogP contribution in [0.25, 0.3) is 10.8 Å². The average molecular weight is 377 g/mol. The highest BCUT2D eigenvalue weighted by molar-refractivity contribution is 5.88. The Morgan fingerprint density at radius 2 is 1.75 bits per heavy atom. The van der Waals surface area contributed by atoms with Crippen molar-refractivity contribution in [2.24, 2.45) is 0 Å². The van der Waals surface area contributed by atoms with Gasteiger partial charge in [-0.05, 0) is 47.4 Å². The number of rotatable bonds is 6. The van der Waals surface area contributed by atoms with Crippen molar-refractivity contribution >= 4 is 10.8 Å². The average Bonchev–Trinajstić information content (AvgIpc) is 2.75. The first-order chi connectivity index (χ1) is 13.7. The summed E-state index contributed by atoms with van der Waals surface area (Å²) >= 11 is 0. The fourth-order valence-corrected chi connectivity index (χ4v) is 3.89. The number of phenols is 1. The van der Waals surface area contributed by atoms with Gasteiger partial charge in [-0.25, -0.2) is 0 Å². The predicted molar refractivity (Wildman–Crippen MR) is 112 cm³/mol. The molecule has 1 aliphatic heterocycles. The second-order valence-electron chi connectivity index (χ2n) is 7.42. The van der Waals surface area contributed by atoms with Crippen LogP contribution in [0.4, 0.5) is 0 Å². The summed E-state index contributed by atoms with van der Waals surface area (Å²) in [5, 5.41) is 12.7. The molecule has 0 amide bonds. The third-order valence-corrected chi connectivity index (χ3v) is 5.56. The Kier molecular flexibility index (Phi) is 5.79. The number of ether oxygens (including phenoxy) is 2. The van der Waals surface area contributed by atoms with Crippen LogP contribution in [0.5, 0.6) is 11.5 Å². The van der Waals surface area contributed by atoms with Crippen LogP contribution in [0.1, 0.15) is 24.0 Å². The fraction of sp³-hybridized carbons (Fsp3) is 0.333. The maximum Gasteiger partial charge on any atom is 0.120 e. The number of fused-ring (bicyclic) bond motifs is 1. The first-order valence-electron chi connectivity index (χ1n) is 9.89. The number of aromatic hydroxyl groups is 1. The number of hydrogen-bond acceptors (Lipinski definition) is 4. The number of benzene rings is 3. The van der Waals surface area contributed by atoms with Gasteiger partial charge in [0.2, 0.25) is 0 Å². The highest BCUT2D eigenvalue weighted by Gasteiger charge is 2.21. The van der Waals surface area contributed by atoms with Crippen LogP contribution in [-0.2, 0) is 17.9 Å². The molecule has 146 valence electrons. The normalized spacial score (nSPS) is 15.8. The third-order valence-electron chi connectivity index (χ3n) is 5.56. The van der Waals surface area contributed by atoms with Gasteiger partial charge < -0.3 is 14.6 Å². The lowest BCUT2D eigenvalue weighted by atomic mass is 10.0. The summed E-state index contributed by atoms with van der Waals surface area (Å²) in [4.78, 5) is 2.40. The van der Waals surface area contributed by atoms with Crippen molar-refractivity contribution in [2.45, 2.75) is 32.1 Å². The third kappa shape index (κ3) is 4.29. The Hall–Kier alpha value is -2.56. The minimum atomic E-state index is 0.303. The minimum Gasteiger partial charge on any atom is -0.508 e. The number of nitrogens with zero attached hydrogens (tertiary/aromatic N) is 1. The Labute approximate surface area is 166 Å². The van der Waals surface area contributed by atoms with Gasteiger partial charge in [0.1, 0.15) is 11.5 Å². The second kappa shape index (κ2) is 8.63. The molecular formula is C24H27NO3. The van der Waals surface area contributed by atoms with E-state index < -0.39 is 0 Å². The number of phenolic OH excluding ortho intramolecular Hbond substituents is 1. The molecule has 4 heteroatoms. The van der Waals surface area contributed by atoms with E-state index in [1.807, 2.05) is 42.5 Å². The summed E-state index contributed by atoms with van der Waals surface area (Å²) in [5.41, 5.74) is 2.19. The fourth-order valence-electron chi connectivity index (χ4n) is 3.89. The molecule has 4 rings (SSSR count). The van der Waals surface area contributed by atoms with Gasteiger partial charge in [0.05, 0.1) is 19.8 Å². The molecule has 1 heterocycles. The zero-order valence-electron chi connectivity index (χ0n) is 16.3. The molecule has 0 bridgehead atoms. The minimum absolute atomic E-state index is 0.303. The maximum atomic E-state index is 10.5. The molecule has 0 spiro atoms. The number of likely N-dealkylation sites (tertiary alicyclic amines) is 1. The lowest BCUT2D eigenvalue weighted by Gasteiger charge is -2.32. The topological polar surface area (TPSA) is 41.9 Å². The molecule has 4 nitrogen and oxygen atoms in total. The van der Waals surface area contributed by atoms with Crippen LogP contribution < -0.4 is 4.74 Å². The lowest BCUT2D eigenvalue weighted by Crippen LogP contribution is -2.36. The van der Waals surface area contributed by atoms with E-state index in [1.54, 1.807) is 13.2 Å². The number of hydrogen-bond donors (Lipinski definition) is 1. The van der Waals surface area contributed by atoms with Crippen LogP contribution in [0.2, 0.25) is 0 Å². The van der Waals surface area contributed by atoms with Gasteiger partial charge in [0, 0.05) is 25.2 Å². The lowest BCUT2D eigenvalue weighted by molar-refractivity contribution is -0.00395. The summed E-state index contributed by atoms with van der Waals surface area (Å²) in [6, 6.07) is 20.1. The van der Waals surface area contributed by atoms with Crippen LogP contribution in [0.15, 0.2) is 60.7 Å². The van der Waals surface area contributed by atoms with Gasteiger partial charge in [0.15, 0.2) is 0 Å². The van der Waals surface area contributed by atoms with E-state index >= 15 is 0 Å². The molecule has 3 aromatic rings. The van der Waals surface area contributed by atoms with Crippen LogP contribution >= 0.6 is 0 Å². The summed E-state index contributed by atoms with van der Waals surface area (Å²) in [6.45, 7) is 3.36. The second-order valence-corrected chi connectivity index (χ2v) is 7.42. The van der Waals surface area contributed by atoms with Crippen molar-refractivity contribution in [2.75, 3.05) is 20.2 Å². The maximum absolute atomic E-state index is 10.5. The Balaban J connectivity index is 1.39. The monoisotopic (exact) mass is 377 g/mol. The van der Waals surface area contributed by atoms with Crippen molar-refractivity contribution in [1.82, 2.24) is 4.90 Å². The SMILES string of the molecule is COc1ccc2ccc(O)c(CN3CCC(OCc4ccccc4)CC3)c2c1. The van der Waals surface area contributed by atoms with E-state index in [2.05, 4.69) is 17.0 Å². The van der Waals surface area contributed by atoms with Crippen LogP contribution in [0.3, 0.4) is 0 Å². The van der Waals surface area contributed by atoms with E-state index in [-0.39, 0.29) is 0 Å². The molecule has 1 N–H and O–H groups in total. The van der Waals surface area contributed by atoms with Gasteiger partial charge in [-0.3, -0.25) is 4.90 Å². The summed E-state index contributed by atoms with van der Waals surface area (Å²) < 4.78 is 11.5. The summed E-state index contributed by atoms with van der Waals surface area (Å²) in [7, 11) is 1.67. The van der Waals surface area contributed by atoms with Crippen molar-refractivity contribution in [3.63, 3.8) is 0 Å². The standard InChI is InChI=1S/C24H27NO3/c1-27-21-9-7-19-8-10-24(26)23(22(19)15-21)16-25-13-11-20(12-14-25)28-17-18-5-3-2-4-6-18/h2-10,15,20,26H,11-14,16-17H2,1H3. The quantitative estimate of drug-likeness (QED) is 0.674. The summed E-state index contributed by atoms with van der Waals surface area (Å²) in [6.07, 6.45) is 2.33. The van der Waals surface area contributed by atoms with E-state index in [9.17, 15) is 5.11 Å². The van der Waals surface area contributed by atoms with Crippen molar-refractivity contribution < 1.29 is 14.6 Å². The molecule has 0 radical (unpaired) electrons. The van der Waals surface area contributed by atoms with Crippen LogP contribution in [0, 0.1) is 0 Å². The Morgan fingerprint density at radius 3 is 2.50 bits per heavy atom. The van der Waals surface area contributed by atoms with Gasteiger partial charge in [-0.15, -0.1) is 0 Å². The molecule has 1 fully saturated rings. The molecule has 28 heavy (non-hydrogen) atoms. The first-order valence-corrected chi connectivity index (χ1v) is 9.89. The predicted octanol–water partition coefficient (Wildman–Crippen LogP) is 4.74. The first kappa shape index (κ1) is 18.8. The van der Waals surface area contributed by atoms with Crippen molar-refractivity contribution in [1.29, 1.82) is 0 Å². The molecule has 1 aliphatic rings. The number of methoxy groups -OCH3 is 1. The highest BCUT2D eigenvalue weighted by Crippen LogP contribution is 2.32.